The fraction of sp³-hybridized carbons (Fsp3) is 0.611. The number of nitrogens with one attached hydrogen (secondary N) is 2. The summed E-state index contributed by atoms with van der Waals surface area (Å²) in [6.07, 6.45) is 5.92. The van der Waals surface area contributed by atoms with Crippen LogP contribution in [0.5, 0.6) is 0 Å². The molecule has 2 unspecified atom stereocenters. The second kappa shape index (κ2) is 8.11. The molecule has 1 aliphatic heterocycles. The topological polar surface area (TPSA) is 41.1 Å². The van der Waals surface area contributed by atoms with Crippen molar-refractivity contribution in [2.24, 2.45) is 11.8 Å². The van der Waals surface area contributed by atoms with Crippen molar-refractivity contribution >= 4 is 24.0 Å². The number of rotatable bonds is 3. The van der Waals surface area contributed by atoms with Gasteiger partial charge in [0.2, 0.25) is 5.91 Å². The third-order valence-corrected chi connectivity index (χ3v) is 5.00. The van der Waals surface area contributed by atoms with Gasteiger partial charge in [0.25, 0.3) is 0 Å². The molecule has 0 spiro atoms. The number of hydrogen-bond donors (Lipinski definition) is 2. The molecule has 1 aliphatic carbocycles. The van der Waals surface area contributed by atoms with Crippen molar-refractivity contribution in [1.82, 2.24) is 5.32 Å². The zero-order valence-electron chi connectivity index (χ0n) is 13.7. The predicted molar refractivity (Wildman–Crippen MR) is 93.4 cm³/mol. The first kappa shape index (κ1) is 18.2. The van der Waals surface area contributed by atoms with Crippen LogP contribution in [0.2, 0.25) is 0 Å². The van der Waals surface area contributed by atoms with E-state index < -0.39 is 0 Å². The molecule has 1 aromatic carbocycles. The molecule has 1 aromatic rings. The Bertz CT molecular complexity index is 564. The summed E-state index contributed by atoms with van der Waals surface area (Å²) in [5.41, 5.74) is 2.10. The first-order valence-electron chi connectivity index (χ1n) is 8.44. The Kier molecular flexibility index (Phi) is 6.42. The van der Waals surface area contributed by atoms with Crippen LogP contribution in [-0.4, -0.2) is 12.5 Å². The van der Waals surface area contributed by atoms with Gasteiger partial charge >= 0.3 is 0 Å². The fourth-order valence-electron chi connectivity index (χ4n) is 3.84. The van der Waals surface area contributed by atoms with Crippen LogP contribution in [0, 0.1) is 17.7 Å². The fourth-order valence-corrected chi connectivity index (χ4v) is 3.84. The largest absolute Gasteiger partial charge is 0.324 e. The molecule has 3 rings (SSSR count). The number of benzene rings is 1. The summed E-state index contributed by atoms with van der Waals surface area (Å²) >= 11 is 0. The summed E-state index contributed by atoms with van der Waals surface area (Å²) in [4.78, 5) is 12.2. The number of carbonyl (C=O) groups is 1. The van der Waals surface area contributed by atoms with Gasteiger partial charge < -0.3 is 10.6 Å². The molecular weight excluding hydrogens is 315 g/mol. The minimum Gasteiger partial charge on any atom is -0.324 e. The Morgan fingerprint density at radius 2 is 2.22 bits per heavy atom. The van der Waals surface area contributed by atoms with Crippen molar-refractivity contribution in [3.63, 3.8) is 0 Å². The lowest BCUT2D eigenvalue weighted by molar-refractivity contribution is -0.117. The maximum atomic E-state index is 14.5. The molecule has 23 heavy (non-hydrogen) atoms. The van der Waals surface area contributed by atoms with E-state index in [4.69, 9.17) is 0 Å². The van der Waals surface area contributed by atoms with E-state index in [9.17, 15) is 9.18 Å². The highest BCUT2D eigenvalue weighted by Crippen LogP contribution is 2.31. The van der Waals surface area contributed by atoms with Gasteiger partial charge in [-0.15, -0.1) is 12.4 Å². The number of amides is 1. The summed E-state index contributed by atoms with van der Waals surface area (Å²) in [6, 6.07) is 3.62. The van der Waals surface area contributed by atoms with Gasteiger partial charge in [0.05, 0.1) is 5.69 Å². The van der Waals surface area contributed by atoms with Gasteiger partial charge in [-0.05, 0) is 54.8 Å². The minimum atomic E-state index is -0.246. The molecule has 3 nitrogen and oxygen atoms in total. The first-order chi connectivity index (χ1) is 10.6. The van der Waals surface area contributed by atoms with Crippen molar-refractivity contribution < 1.29 is 9.18 Å². The zero-order chi connectivity index (χ0) is 15.5. The normalized spacial score (nSPS) is 23.6. The van der Waals surface area contributed by atoms with E-state index in [1.54, 1.807) is 6.07 Å². The highest BCUT2D eigenvalue weighted by atomic mass is 35.5. The molecule has 5 heteroatoms. The standard InChI is InChI=1S/C18H25FN2O.ClH/c1-12-3-2-4-13(9-12)10-17(22)21-16-6-5-14-11-20-8-7-15(14)18(16)19;/h5-6,12-13,20H,2-4,7-11H2,1H3,(H,21,22);1H. The lowest BCUT2D eigenvalue weighted by Gasteiger charge is -2.26. The van der Waals surface area contributed by atoms with Gasteiger partial charge in [0.1, 0.15) is 5.82 Å². The van der Waals surface area contributed by atoms with E-state index in [0.29, 0.717) is 36.9 Å². The molecule has 1 saturated carbocycles. The molecule has 1 amide bonds. The summed E-state index contributed by atoms with van der Waals surface area (Å²) in [5, 5.41) is 6.02. The van der Waals surface area contributed by atoms with Crippen LogP contribution < -0.4 is 10.6 Å². The molecule has 0 aromatic heterocycles. The van der Waals surface area contributed by atoms with E-state index in [-0.39, 0.29) is 24.1 Å². The Morgan fingerprint density at radius 1 is 1.39 bits per heavy atom. The Labute approximate surface area is 143 Å². The molecule has 1 heterocycles. The zero-order valence-corrected chi connectivity index (χ0v) is 14.5. The maximum Gasteiger partial charge on any atom is 0.224 e. The molecule has 2 N–H and O–H groups in total. The highest BCUT2D eigenvalue weighted by molar-refractivity contribution is 5.91. The summed E-state index contributed by atoms with van der Waals surface area (Å²) in [6.45, 7) is 3.75. The van der Waals surface area contributed by atoms with Crippen molar-refractivity contribution in [3.05, 3.63) is 29.1 Å². The van der Waals surface area contributed by atoms with Crippen LogP contribution in [0.3, 0.4) is 0 Å². The molecular formula is C18H26ClFN2O. The summed E-state index contributed by atoms with van der Waals surface area (Å²) in [5.74, 6) is 0.865. The quantitative estimate of drug-likeness (QED) is 0.871. The van der Waals surface area contributed by atoms with Crippen molar-refractivity contribution in [2.45, 2.75) is 52.0 Å². The van der Waals surface area contributed by atoms with E-state index >= 15 is 0 Å². The highest BCUT2D eigenvalue weighted by Gasteiger charge is 2.22. The third kappa shape index (κ3) is 4.45. The van der Waals surface area contributed by atoms with Crippen LogP contribution in [0.4, 0.5) is 10.1 Å². The van der Waals surface area contributed by atoms with E-state index in [1.165, 1.54) is 12.8 Å². The second-order valence-electron chi connectivity index (χ2n) is 6.88. The van der Waals surface area contributed by atoms with Crippen molar-refractivity contribution in [1.29, 1.82) is 0 Å². The van der Waals surface area contributed by atoms with Gasteiger partial charge in [-0.3, -0.25) is 4.79 Å². The molecule has 0 bridgehead atoms. The van der Waals surface area contributed by atoms with Gasteiger partial charge in [-0.25, -0.2) is 4.39 Å². The van der Waals surface area contributed by atoms with E-state index in [2.05, 4.69) is 17.6 Å². The summed E-state index contributed by atoms with van der Waals surface area (Å²) < 4.78 is 14.5. The third-order valence-electron chi connectivity index (χ3n) is 5.00. The van der Waals surface area contributed by atoms with Crippen LogP contribution >= 0.6 is 12.4 Å². The average molecular weight is 341 g/mol. The minimum absolute atomic E-state index is 0. The smallest absolute Gasteiger partial charge is 0.224 e. The average Bonchev–Trinajstić information content (AvgIpc) is 2.50. The lowest BCUT2D eigenvalue weighted by atomic mass is 9.81. The Morgan fingerprint density at radius 3 is 3.00 bits per heavy atom. The Balaban J connectivity index is 0.00000192. The number of anilines is 1. The molecule has 0 saturated heterocycles. The van der Waals surface area contributed by atoms with E-state index in [0.717, 1.165) is 30.5 Å². The monoisotopic (exact) mass is 340 g/mol. The number of halogens is 2. The van der Waals surface area contributed by atoms with Crippen molar-refractivity contribution in [3.8, 4) is 0 Å². The molecule has 2 aliphatic rings. The van der Waals surface area contributed by atoms with Crippen molar-refractivity contribution in [2.75, 3.05) is 11.9 Å². The van der Waals surface area contributed by atoms with Crippen LogP contribution in [0.15, 0.2) is 12.1 Å². The van der Waals surface area contributed by atoms with Crippen LogP contribution in [0.25, 0.3) is 0 Å². The number of fused-ring (bicyclic) bond motifs is 1. The van der Waals surface area contributed by atoms with Gasteiger partial charge in [0.15, 0.2) is 0 Å². The van der Waals surface area contributed by atoms with Gasteiger partial charge in [-0.2, -0.15) is 0 Å². The number of carbonyl (C=O) groups excluding carboxylic acids is 1. The van der Waals surface area contributed by atoms with Crippen LogP contribution in [0.1, 0.15) is 50.2 Å². The lowest BCUT2D eigenvalue weighted by Crippen LogP contribution is -2.25. The van der Waals surface area contributed by atoms with Crippen LogP contribution in [-0.2, 0) is 17.8 Å². The Hall–Kier alpha value is -1.13. The van der Waals surface area contributed by atoms with E-state index in [1.807, 2.05) is 6.07 Å². The molecule has 0 radical (unpaired) electrons. The van der Waals surface area contributed by atoms with Gasteiger partial charge in [-0.1, -0.05) is 25.8 Å². The second-order valence-corrected chi connectivity index (χ2v) is 6.88. The van der Waals surface area contributed by atoms with Gasteiger partial charge in [0, 0.05) is 13.0 Å². The molecule has 1 fully saturated rings. The molecule has 128 valence electrons. The first-order valence-corrected chi connectivity index (χ1v) is 8.44. The summed E-state index contributed by atoms with van der Waals surface area (Å²) in [7, 11) is 0. The number of hydrogen-bond acceptors (Lipinski definition) is 2. The SMILES string of the molecule is CC1CCCC(CC(=O)Nc2ccc3c(c2F)CCNC3)C1.Cl. The maximum absolute atomic E-state index is 14.5. The molecule has 2 atom stereocenters. The predicted octanol–water partition coefficient (Wildman–Crippen LogP) is 4.05.